The van der Waals surface area contributed by atoms with Gasteiger partial charge in [0.15, 0.2) is 0 Å². The Kier molecular flexibility index (Phi) is 5.35. The second-order valence-corrected chi connectivity index (χ2v) is 6.19. The third-order valence-corrected chi connectivity index (χ3v) is 4.40. The van der Waals surface area contributed by atoms with Gasteiger partial charge in [-0.15, -0.1) is 0 Å². The van der Waals surface area contributed by atoms with Gasteiger partial charge in [-0.25, -0.2) is 4.98 Å². The highest BCUT2D eigenvalue weighted by molar-refractivity contribution is 6.37. The first kappa shape index (κ1) is 15.7. The Bertz CT molecular complexity index is 467. The summed E-state index contributed by atoms with van der Waals surface area (Å²) in [5.41, 5.74) is 0. The second kappa shape index (κ2) is 6.83. The zero-order chi connectivity index (χ0) is 14.7. The molecule has 1 aliphatic heterocycles. The van der Waals surface area contributed by atoms with E-state index in [1.807, 2.05) is 6.92 Å². The molecule has 2 rings (SSSR count). The fraction of sp³-hybridized carbons (Fsp3) is 0.643. The first-order valence-electron chi connectivity index (χ1n) is 7.08. The molecule has 0 spiro atoms. The van der Waals surface area contributed by atoms with Crippen LogP contribution >= 0.6 is 23.2 Å². The lowest BCUT2D eigenvalue weighted by Crippen LogP contribution is -2.42. The van der Waals surface area contributed by atoms with Crippen molar-refractivity contribution in [1.82, 2.24) is 9.88 Å². The van der Waals surface area contributed by atoms with E-state index < -0.39 is 0 Å². The molecule has 0 bridgehead atoms. The van der Waals surface area contributed by atoms with Gasteiger partial charge in [0.2, 0.25) is 0 Å². The van der Waals surface area contributed by atoms with Crippen LogP contribution in [-0.4, -0.2) is 42.1 Å². The molecule has 20 heavy (non-hydrogen) atoms. The number of halogens is 2. The number of nitrogens with one attached hydrogen (secondary N) is 2. The number of hydrogen-bond donors (Lipinski definition) is 2. The summed E-state index contributed by atoms with van der Waals surface area (Å²) in [6, 6.07) is 2.72. The number of aromatic nitrogens is 1. The van der Waals surface area contributed by atoms with E-state index in [9.17, 15) is 0 Å². The fourth-order valence-corrected chi connectivity index (χ4v) is 2.95. The van der Waals surface area contributed by atoms with Crippen molar-refractivity contribution in [3.8, 4) is 0 Å². The van der Waals surface area contributed by atoms with Crippen molar-refractivity contribution in [3.63, 3.8) is 0 Å². The van der Waals surface area contributed by atoms with Gasteiger partial charge in [0.25, 0.3) is 0 Å². The van der Waals surface area contributed by atoms with E-state index in [0.29, 0.717) is 33.8 Å². The number of rotatable bonds is 4. The number of pyridine rings is 1. The van der Waals surface area contributed by atoms with Crippen LogP contribution in [0.2, 0.25) is 10.0 Å². The van der Waals surface area contributed by atoms with Crippen LogP contribution in [0.5, 0.6) is 0 Å². The minimum absolute atomic E-state index is 0.404. The average molecular weight is 317 g/mol. The molecule has 4 nitrogen and oxygen atoms in total. The maximum atomic E-state index is 6.24. The van der Waals surface area contributed by atoms with Crippen molar-refractivity contribution in [1.29, 1.82) is 0 Å². The van der Waals surface area contributed by atoms with Crippen molar-refractivity contribution in [2.75, 3.05) is 30.8 Å². The molecule has 2 unspecified atom stereocenters. The summed E-state index contributed by atoms with van der Waals surface area (Å²) in [7, 11) is 2.16. The fourth-order valence-electron chi connectivity index (χ4n) is 2.47. The van der Waals surface area contributed by atoms with E-state index in [0.717, 1.165) is 25.9 Å². The third kappa shape index (κ3) is 3.68. The van der Waals surface area contributed by atoms with Crippen molar-refractivity contribution in [3.05, 3.63) is 16.1 Å². The molecule has 1 aliphatic rings. The van der Waals surface area contributed by atoms with Gasteiger partial charge in [0.05, 0.1) is 10.0 Å². The predicted octanol–water partition coefficient (Wildman–Crippen LogP) is 3.71. The molecule has 2 atom stereocenters. The molecule has 112 valence electrons. The maximum Gasteiger partial charge on any atom is 0.147 e. The molecule has 0 aromatic carbocycles. The molecule has 6 heteroatoms. The van der Waals surface area contributed by atoms with E-state index in [4.69, 9.17) is 23.2 Å². The molecular weight excluding hydrogens is 295 g/mol. The van der Waals surface area contributed by atoms with Gasteiger partial charge in [-0.2, -0.15) is 0 Å². The molecule has 0 saturated carbocycles. The molecule has 2 heterocycles. The van der Waals surface area contributed by atoms with Gasteiger partial charge in [-0.1, -0.05) is 23.2 Å². The summed E-state index contributed by atoms with van der Waals surface area (Å²) >= 11 is 12.4. The molecular formula is C14H22Cl2N4. The topological polar surface area (TPSA) is 40.2 Å². The van der Waals surface area contributed by atoms with E-state index in [1.54, 1.807) is 6.07 Å². The van der Waals surface area contributed by atoms with Gasteiger partial charge in [-0.05, 0) is 39.8 Å². The molecule has 2 N–H and O–H groups in total. The van der Waals surface area contributed by atoms with Gasteiger partial charge in [0.1, 0.15) is 11.6 Å². The number of nitrogens with zero attached hydrogens (tertiary/aromatic N) is 2. The van der Waals surface area contributed by atoms with Crippen molar-refractivity contribution < 1.29 is 0 Å². The van der Waals surface area contributed by atoms with Gasteiger partial charge >= 0.3 is 0 Å². The van der Waals surface area contributed by atoms with Crippen LogP contribution in [0.4, 0.5) is 11.6 Å². The highest BCUT2D eigenvalue weighted by Gasteiger charge is 2.23. The summed E-state index contributed by atoms with van der Waals surface area (Å²) in [6.45, 7) is 6.12. The first-order valence-corrected chi connectivity index (χ1v) is 7.83. The lowest BCUT2D eigenvalue weighted by Gasteiger charge is -2.35. The molecule has 1 saturated heterocycles. The zero-order valence-corrected chi connectivity index (χ0v) is 13.7. The molecule has 0 radical (unpaired) electrons. The van der Waals surface area contributed by atoms with Crippen LogP contribution in [0.15, 0.2) is 6.07 Å². The van der Waals surface area contributed by atoms with Crippen LogP contribution in [0.3, 0.4) is 0 Å². The SMILES string of the molecule is CCNc1nc(NC2CCN(C)C(C)C2)c(Cl)cc1Cl. The molecule has 0 aliphatic carbocycles. The van der Waals surface area contributed by atoms with Crippen molar-refractivity contribution in [2.45, 2.75) is 38.8 Å². The summed E-state index contributed by atoms with van der Waals surface area (Å²) < 4.78 is 0. The largest absolute Gasteiger partial charge is 0.369 e. The molecule has 1 aromatic rings. The van der Waals surface area contributed by atoms with Crippen LogP contribution in [0, 0.1) is 0 Å². The zero-order valence-electron chi connectivity index (χ0n) is 12.2. The number of anilines is 2. The molecule has 1 fully saturated rings. The summed E-state index contributed by atoms with van der Waals surface area (Å²) in [5, 5.41) is 7.73. The Hall–Kier alpha value is -0.710. The summed E-state index contributed by atoms with van der Waals surface area (Å²) in [4.78, 5) is 6.87. The lowest BCUT2D eigenvalue weighted by atomic mass is 9.99. The third-order valence-electron chi connectivity index (χ3n) is 3.82. The highest BCUT2D eigenvalue weighted by atomic mass is 35.5. The Morgan fingerprint density at radius 3 is 2.70 bits per heavy atom. The Labute approximate surface area is 130 Å². The van der Waals surface area contributed by atoms with Gasteiger partial charge in [-0.3, -0.25) is 0 Å². The Morgan fingerprint density at radius 1 is 1.35 bits per heavy atom. The van der Waals surface area contributed by atoms with Crippen molar-refractivity contribution >= 4 is 34.8 Å². The number of likely N-dealkylation sites (tertiary alicyclic amines) is 1. The van der Waals surface area contributed by atoms with E-state index >= 15 is 0 Å². The quantitative estimate of drug-likeness (QED) is 0.888. The normalized spacial score (nSPS) is 23.6. The lowest BCUT2D eigenvalue weighted by molar-refractivity contribution is 0.190. The van der Waals surface area contributed by atoms with Crippen LogP contribution in [-0.2, 0) is 0 Å². The minimum Gasteiger partial charge on any atom is -0.369 e. The smallest absolute Gasteiger partial charge is 0.147 e. The average Bonchev–Trinajstić information content (AvgIpc) is 2.39. The summed E-state index contributed by atoms with van der Waals surface area (Å²) in [6.07, 6.45) is 2.19. The van der Waals surface area contributed by atoms with E-state index in [1.165, 1.54) is 0 Å². The van der Waals surface area contributed by atoms with E-state index in [-0.39, 0.29) is 0 Å². The second-order valence-electron chi connectivity index (χ2n) is 5.37. The predicted molar refractivity (Wildman–Crippen MR) is 87.2 cm³/mol. The Balaban J connectivity index is 2.10. The van der Waals surface area contributed by atoms with E-state index in [2.05, 4.69) is 34.5 Å². The van der Waals surface area contributed by atoms with Crippen molar-refractivity contribution in [2.24, 2.45) is 0 Å². The Morgan fingerprint density at radius 2 is 2.05 bits per heavy atom. The maximum absolute atomic E-state index is 6.24. The first-order chi connectivity index (χ1) is 9.51. The molecule has 1 aromatic heterocycles. The van der Waals surface area contributed by atoms with Crippen LogP contribution < -0.4 is 10.6 Å². The molecule has 0 amide bonds. The van der Waals surface area contributed by atoms with Gasteiger partial charge in [0, 0.05) is 25.2 Å². The summed E-state index contributed by atoms with van der Waals surface area (Å²) in [5.74, 6) is 1.40. The van der Waals surface area contributed by atoms with Gasteiger partial charge < -0.3 is 15.5 Å². The highest BCUT2D eigenvalue weighted by Crippen LogP contribution is 2.30. The van der Waals surface area contributed by atoms with Crippen LogP contribution in [0.1, 0.15) is 26.7 Å². The standard InChI is InChI=1S/C14H22Cl2N4/c1-4-17-13-11(15)8-12(16)14(19-13)18-10-5-6-20(3)9(2)7-10/h8-10H,4-7H2,1-3H3,(H2,17,18,19). The van der Waals surface area contributed by atoms with Crippen LogP contribution in [0.25, 0.3) is 0 Å². The number of hydrogen-bond acceptors (Lipinski definition) is 4. The monoisotopic (exact) mass is 316 g/mol. The minimum atomic E-state index is 0.404. The number of piperidine rings is 1.